The summed E-state index contributed by atoms with van der Waals surface area (Å²) in [6.07, 6.45) is 1.73. The fourth-order valence-electron chi connectivity index (χ4n) is 1.37. The number of aryl methyl sites for hydroxylation is 1. The van der Waals surface area contributed by atoms with Gasteiger partial charge in [0.1, 0.15) is 6.61 Å². The molecule has 0 fully saturated rings. The SMILES string of the molecule is CC.Cc1cccc(Br)c1COc1ccn(S)n1. The molecule has 1 heterocycles. The highest BCUT2D eigenvalue weighted by Gasteiger charge is 2.05. The molecule has 0 bridgehead atoms. The first kappa shape index (κ1) is 15.1. The van der Waals surface area contributed by atoms with Gasteiger partial charge in [-0.2, -0.15) is 0 Å². The summed E-state index contributed by atoms with van der Waals surface area (Å²) in [4.78, 5) is 0. The van der Waals surface area contributed by atoms with Gasteiger partial charge in [0.25, 0.3) is 0 Å². The highest BCUT2D eigenvalue weighted by molar-refractivity contribution is 9.10. The third-order valence-electron chi connectivity index (χ3n) is 2.27. The van der Waals surface area contributed by atoms with E-state index in [1.165, 1.54) is 9.65 Å². The molecule has 0 amide bonds. The van der Waals surface area contributed by atoms with Gasteiger partial charge in [0.2, 0.25) is 5.88 Å². The molecule has 0 aliphatic heterocycles. The third-order valence-corrected chi connectivity index (χ3v) is 3.23. The van der Waals surface area contributed by atoms with Gasteiger partial charge in [-0.25, -0.2) is 4.09 Å². The molecule has 5 heteroatoms. The number of hydrogen-bond acceptors (Lipinski definition) is 3. The maximum absolute atomic E-state index is 5.56. The van der Waals surface area contributed by atoms with Crippen molar-refractivity contribution in [2.75, 3.05) is 0 Å². The normalized spacial score (nSPS) is 9.61. The standard InChI is InChI=1S/C11H11BrN2OS.C2H6/c1-8-3-2-4-10(12)9(8)7-15-11-5-6-14(16)13-11;1-2/h2-6,16H,7H2,1H3;1-2H3. The molecule has 0 aliphatic carbocycles. The second-order valence-corrected chi connectivity index (χ2v) is 4.66. The maximum Gasteiger partial charge on any atom is 0.234 e. The van der Waals surface area contributed by atoms with Crippen LogP contribution in [0.4, 0.5) is 0 Å². The molecule has 2 rings (SSSR count). The van der Waals surface area contributed by atoms with Crippen molar-refractivity contribution < 1.29 is 4.74 Å². The van der Waals surface area contributed by atoms with Crippen LogP contribution in [-0.2, 0) is 6.61 Å². The van der Waals surface area contributed by atoms with E-state index in [4.69, 9.17) is 4.74 Å². The lowest BCUT2D eigenvalue weighted by molar-refractivity contribution is 0.291. The molecule has 98 valence electrons. The molecule has 1 aromatic heterocycles. The lowest BCUT2D eigenvalue weighted by Crippen LogP contribution is -1.99. The van der Waals surface area contributed by atoms with Gasteiger partial charge in [0, 0.05) is 22.3 Å². The highest BCUT2D eigenvalue weighted by atomic mass is 79.9. The van der Waals surface area contributed by atoms with Crippen LogP contribution in [0.1, 0.15) is 25.0 Å². The van der Waals surface area contributed by atoms with Crippen LogP contribution in [0.25, 0.3) is 0 Å². The monoisotopic (exact) mass is 328 g/mol. The molecule has 2 aromatic rings. The average molecular weight is 329 g/mol. The van der Waals surface area contributed by atoms with E-state index in [2.05, 4.69) is 46.8 Å². The van der Waals surface area contributed by atoms with Crippen LogP contribution in [0.5, 0.6) is 5.88 Å². The Hall–Kier alpha value is -0.940. The van der Waals surface area contributed by atoms with Crippen LogP contribution in [0.2, 0.25) is 0 Å². The minimum Gasteiger partial charge on any atom is -0.472 e. The molecule has 0 saturated carbocycles. The zero-order chi connectivity index (χ0) is 13.5. The van der Waals surface area contributed by atoms with E-state index in [1.807, 2.05) is 26.0 Å². The Morgan fingerprint density at radius 1 is 1.33 bits per heavy atom. The molecule has 18 heavy (non-hydrogen) atoms. The summed E-state index contributed by atoms with van der Waals surface area (Å²) in [6.45, 7) is 6.55. The molecule has 0 spiro atoms. The molecule has 0 atom stereocenters. The van der Waals surface area contributed by atoms with Gasteiger partial charge in [0.05, 0.1) is 0 Å². The minimum atomic E-state index is 0.498. The molecule has 0 N–H and O–H groups in total. The number of benzene rings is 1. The van der Waals surface area contributed by atoms with Crippen LogP contribution in [0.15, 0.2) is 34.9 Å². The van der Waals surface area contributed by atoms with Crippen LogP contribution < -0.4 is 4.74 Å². The Morgan fingerprint density at radius 3 is 2.61 bits per heavy atom. The van der Waals surface area contributed by atoms with Crippen LogP contribution in [-0.4, -0.2) is 9.19 Å². The third kappa shape index (κ3) is 4.07. The average Bonchev–Trinajstić information content (AvgIpc) is 2.77. The maximum atomic E-state index is 5.56. The van der Waals surface area contributed by atoms with Gasteiger partial charge < -0.3 is 4.74 Å². The van der Waals surface area contributed by atoms with Crippen molar-refractivity contribution in [3.8, 4) is 5.88 Å². The van der Waals surface area contributed by atoms with Crippen molar-refractivity contribution in [2.45, 2.75) is 27.4 Å². The number of nitrogens with zero attached hydrogens (tertiary/aromatic N) is 2. The zero-order valence-electron chi connectivity index (χ0n) is 10.7. The lowest BCUT2D eigenvalue weighted by Gasteiger charge is -2.08. The van der Waals surface area contributed by atoms with Gasteiger partial charge in [-0.3, -0.25) is 0 Å². The summed E-state index contributed by atoms with van der Waals surface area (Å²) >= 11 is 7.55. The van der Waals surface area contributed by atoms with Gasteiger partial charge in [-0.05, 0) is 31.4 Å². The van der Waals surface area contributed by atoms with E-state index in [0.29, 0.717) is 12.5 Å². The Kier molecular flexibility index (Phi) is 6.29. The fraction of sp³-hybridized carbons (Fsp3) is 0.308. The number of hydrogen-bond donors (Lipinski definition) is 1. The van der Waals surface area contributed by atoms with Crippen molar-refractivity contribution in [1.82, 2.24) is 9.19 Å². The summed E-state index contributed by atoms with van der Waals surface area (Å²) in [7, 11) is 0. The van der Waals surface area contributed by atoms with Crippen LogP contribution >= 0.6 is 28.7 Å². The molecule has 3 nitrogen and oxygen atoms in total. The predicted octanol–water partition coefficient (Wildman–Crippen LogP) is 4.25. The van der Waals surface area contributed by atoms with E-state index >= 15 is 0 Å². The Balaban J connectivity index is 0.000000771. The topological polar surface area (TPSA) is 27.1 Å². The van der Waals surface area contributed by atoms with Crippen molar-refractivity contribution in [2.24, 2.45) is 0 Å². The summed E-state index contributed by atoms with van der Waals surface area (Å²) in [5, 5.41) is 4.03. The highest BCUT2D eigenvalue weighted by Crippen LogP contribution is 2.21. The van der Waals surface area contributed by atoms with Gasteiger partial charge in [0.15, 0.2) is 0 Å². The van der Waals surface area contributed by atoms with Crippen molar-refractivity contribution >= 4 is 28.7 Å². The Morgan fingerprint density at radius 2 is 2.06 bits per heavy atom. The summed E-state index contributed by atoms with van der Waals surface area (Å²) in [5.74, 6) is 0.574. The predicted molar refractivity (Wildman–Crippen MR) is 81.2 cm³/mol. The molecule has 0 unspecified atom stereocenters. The zero-order valence-corrected chi connectivity index (χ0v) is 13.2. The van der Waals surface area contributed by atoms with E-state index in [9.17, 15) is 0 Å². The Labute approximate surface area is 122 Å². The number of ether oxygens (including phenoxy) is 1. The first-order valence-electron chi connectivity index (χ1n) is 5.78. The van der Waals surface area contributed by atoms with Crippen molar-refractivity contribution in [3.63, 3.8) is 0 Å². The first-order chi connectivity index (χ1) is 8.66. The van der Waals surface area contributed by atoms with Crippen molar-refractivity contribution in [1.29, 1.82) is 0 Å². The summed E-state index contributed by atoms with van der Waals surface area (Å²) in [6, 6.07) is 7.84. The molecule has 0 aliphatic rings. The minimum absolute atomic E-state index is 0.498. The quantitative estimate of drug-likeness (QED) is 0.852. The largest absolute Gasteiger partial charge is 0.472 e. The molecule has 1 aromatic carbocycles. The summed E-state index contributed by atoms with van der Waals surface area (Å²) < 4.78 is 8.04. The first-order valence-corrected chi connectivity index (χ1v) is 6.98. The lowest BCUT2D eigenvalue weighted by atomic mass is 10.1. The molecule has 0 saturated heterocycles. The van der Waals surface area contributed by atoms with Crippen LogP contribution in [0, 0.1) is 6.92 Å². The summed E-state index contributed by atoms with van der Waals surface area (Å²) in [5.41, 5.74) is 2.33. The second kappa shape index (κ2) is 7.48. The van der Waals surface area contributed by atoms with E-state index in [1.54, 1.807) is 12.3 Å². The van der Waals surface area contributed by atoms with Crippen LogP contribution in [0.3, 0.4) is 0 Å². The molecular weight excluding hydrogens is 312 g/mol. The molecule has 0 radical (unpaired) electrons. The van der Waals surface area contributed by atoms with E-state index < -0.39 is 0 Å². The number of halogens is 1. The number of aromatic nitrogens is 2. The van der Waals surface area contributed by atoms with Crippen molar-refractivity contribution in [3.05, 3.63) is 46.1 Å². The fourth-order valence-corrected chi connectivity index (χ4v) is 2.11. The van der Waals surface area contributed by atoms with E-state index in [-0.39, 0.29) is 0 Å². The van der Waals surface area contributed by atoms with E-state index in [0.717, 1.165) is 10.0 Å². The smallest absolute Gasteiger partial charge is 0.234 e. The second-order valence-electron chi connectivity index (χ2n) is 3.40. The molecular formula is C13H17BrN2OS. The number of rotatable bonds is 3. The van der Waals surface area contributed by atoms with Gasteiger partial charge in [-0.15, -0.1) is 5.10 Å². The number of thiol groups is 1. The van der Waals surface area contributed by atoms with Gasteiger partial charge in [-0.1, -0.05) is 41.9 Å². The van der Waals surface area contributed by atoms with Gasteiger partial charge >= 0.3 is 0 Å². The Bertz CT molecular complexity index is 479.